The Kier molecular flexibility index (Phi) is 37.6. The van der Waals surface area contributed by atoms with Crippen molar-refractivity contribution >= 4 is 121 Å². The Labute approximate surface area is 660 Å². The maximum Gasteiger partial charge on any atom is 0.245 e. The van der Waals surface area contributed by atoms with Crippen molar-refractivity contribution in [3.05, 3.63) is 144 Å². The molecule has 1 fully saturated rings. The molecule has 612 valence electrons. The summed E-state index contributed by atoms with van der Waals surface area (Å²) in [6.07, 6.45) is -1.29. The highest BCUT2D eigenvalue weighted by Gasteiger charge is 2.39. The van der Waals surface area contributed by atoms with E-state index in [1.807, 2.05) is 0 Å². The number of nitrogens with one attached hydrogen (secondary N) is 14. The Bertz CT molecular complexity index is 4070. The van der Waals surface area contributed by atoms with Gasteiger partial charge in [0.1, 0.15) is 72.5 Å². The molecular weight excluding hydrogens is 1500 g/mol. The van der Waals surface area contributed by atoms with Gasteiger partial charge in [0.25, 0.3) is 0 Å². The van der Waals surface area contributed by atoms with Crippen molar-refractivity contribution in [2.75, 3.05) is 37.7 Å². The second-order valence-corrected chi connectivity index (χ2v) is 29.7. The molecule has 0 aliphatic carbocycles. The molecule has 26 N–H and O–H groups in total. The van der Waals surface area contributed by atoms with Crippen molar-refractivity contribution in [3.63, 3.8) is 0 Å². The molecule has 0 unspecified atom stereocenters. The van der Waals surface area contributed by atoms with E-state index in [0.29, 0.717) is 46.0 Å². The number of amides is 15. The lowest BCUT2D eigenvalue weighted by Gasteiger charge is -2.29. The molecule has 1 aliphatic rings. The average molecular weight is 1610 g/mol. The number of carbonyl (C=O) groups is 15. The summed E-state index contributed by atoms with van der Waals surface area (Å²) in [5, 5.41) is 55.3. The molecule has 6 rings (SSSR count). The van der Waals surface area contributed by atoms with Crippen LogP contribution in [0, 0.1) is 0 Å². The molecule has 1 saturated heterocycles. The van der Waals surface area contributed by atoms with Crippen molar-refractivity contribution in [2.24, 2.45) is 28.7 Å². The van der Waals surface area contributed by atoms with Crippen LogP contribution in [0.1, 0.15) is 88.0 Å². The quantitative estimate of drug-likeness (QED) is 0.0192. The third kappa shape index (κ3) is 30.2. The van der Waals surface area contributed by atoms with Crippen LogP contribution in [0.2, 0.25) is 0 Å². The van der Waals surface area contributed by atoms with Gasteiger partial charge < -0.3 is 113 Å². The molecule has 38 heteroatoms. The van der Waals surface area contributed by atoms with Gasteiger partial charge in [0, 0.05) is 54.3 Å². The summed E-state index contributed by atoms with van der Waals surface area (Å²) in [4.78, 5) is 216. The number of hydrogen-bond donors (Lipinski definition) is 21. The summed E-state index contributed by atoms with van der Waals surface area (Å²) in [5.41, 5.74) is 31.5. The second kappa shape index (κ2) is 46.7. The zero-order chi connectivity index (χ0) is 82.7. The maximum absolute atomic E-state index is 15.4. The Balaban J connectivity index is 1.45. The number of aliphatic hydroxyl groups is 2. The minimum Gasteiger partial charge on any atom is -0.394 e. The number of H-pyrrole nitrogens is 1. The zero-order valence-corrected chi connectivity index (χ0v) is 64.5. The summed E-state index contributed by atoms with van der Waals surface area (Å²) in [5.74, 6) is -16.1. The summed E-state index contributed by atoms with van der Waals surface area (Å²) in [6, 6.07) is 11.3. The Morgan fingerprint density at radius 3 is 1.39 bits per heavy atom. The monoisotopic (exact) mass is 1610 g/mol. The van der Waals surface area contributed by atoms with E-state index in [2.05, 4.69) is 74.1 Å². The summed E-state index contributed by atoms with van der Waals surface area (Å²) in [7, 11) is 1.68. The van der Waals surface area contributed by atoms with Gasteiger partial charge >= 0.3 is 0 Å². The summed E-state index contributed by atoms with van der Waals surface area (Å²) < 4.78 is 0. The fourth-order valence-electron chi connectivity index (χ4n) is 11.7. The minimum absolute atomic E-state index is 0.122. The lowest BCUT2D eigenvalue weighted by atomic mass is 10.00. The number of hydrogen-bond acceptors (Lipinski definition) is 22. The van der Waals surface area contributed by atoms with Gasteiger partial charge in [-0.15, -0.1) is 0 Å². The van der Waals surface area contributed by atoms with Crippen LogP contribution in [-0.4, -0.2) is 226 Å². The van der Waals surface area contributed by atoms with Gasteiger partial charge in [-0.3, -0.25) is 71.9 Å². The maximum atomic E-state index is 15.4. The van der Waals surface area contributed by atoms with Crippen LogP contribution in [-0.2, 0) is 97.6 Å². The van der Waals surface area contributed by atoms with E-state index >= 15 is 14.4 Å². The number of rotatable bonds is 25. The molecule has 2 heterocycles. The molecule has 0 bridgehead atoms. The summed E-state index contributed by atoms with van der Waals surface area (Å²) in [6.45, 7) is 2.26. The molecule has 15 amide bonds. The van der Waals surface area contributed by atoms with Crippen LogP contribution < -0.4 is 97.8 Å². The lowest BCUT2D eigenvalue weighted by molar-refractivity contribution is -0.137. The second-order valence-electron chi connectivity index (χ2n) is 27.2. The number of benzene rings is 4. The van der Waals surface area contributed by atoms with E-state index in [-0.39, 0.29) is 76.0 Å². The van der Waals surface area contributed by atoms with Gasteiger partial charge in [-0.05, 0) is 101 Å². The van der Waals surface area contributed by atoms with E-state index in [4.69, 9.17) is 28.7 Å². The topological polar surface area (TPSA) is 599 Å². The molecule has 0 saturated carbocycles. The number of aromatic amines is 1. The smallest absolute Gasteiger partial charge is 0.245 e. The van der Waals surface area contributed by atoms with E-state index < -0.39 is 193 Å². The largest absolute Gasteiger partial charge is 0.394 e. The predicted molar refractivity (Wildman–Crippen MR) is 420 cm³/mol. The summed E-state index contributed by atoms with van der Waals surface area (Å²) >= 11 is 0. The normalized spacial score (nSPS) is 23.7. The van der Waals surface area contributed by atoms with Gasteiger partial charge in [0.2, 0.25) is 88.6 Å². The molecule has 1 aliphatic heterocycles. The molecule has 5 aromatic rings. The van der Waals surface area contributed by atoms with Crippen LogP contribution >= 0.6 is 21.6 Å². The SMILES string of the molecule is C[C@H](N)C(=O)NCC(=O)N[C@H]1CSSC[C@@H](C(N)=O)NC(=O)[C@H](CO)NC(=O)[C@H](C)NC(=O)[C@H](Cc2ccccc2)NC(=O)[C@@H]([C@@H](C)O)NC(=O)[C@H](CCCCN)NC(=O)[C@H](Cc2c[nH]c3ccccc23)NC(=O)[C@H](Cc2ccccc2)NC(=O)[C@H](Cc2ccccc2)NC(=O)[C@H](CC(N)=O)NC(=O)[C@H](CCCCN)NC1=O. The van der Waals surface area contributed by atoms with E-state index in [1.54, 1.807) is 121 Å². The average Bonchev–Trinajstić information content (AvgIpc) is 1.72. The molecule has 4 aromatic carbocycles. The van der Waals surface area contributed by atoms with Gasteiger partial charge in [-0.2, -0.15) is 0 Å². The van der Waals surface area contributed by atoms with E-state index in [0.717, 1.165) is 21.6 Å². The predicted octanol–water partition coefficient (Wildman–Crippen LogP) is -4.87. The van der Waals surface area contributed by atoms with Gasteiger partial charge in [-0.1, -0.05) is 131 Å². The Morgan fingerprint density at radius 1 is 0.487 bits per heavy atom. The first-order valence-corrected chi connectivity index (χ1v) is 39.3. The molecule has 0 spiro atoms. The fraction of sp³-hybridized carbons (Fsp3) is 0.453. The van der Waals surface area contributed by atoms with Crippen LogP contribution in [0.5, 0.6) is 0 Å². The van der Waals surface area contributed by atoms with Gasteiger partial charge in [0.05, 0.1) is 31.7 Å². The molecular formula is C75H103N19O17S2. The highest BCUT2D eigenvalue weighted by Crippen LogP contribution is 2.24. The Hall–Kier alpha value is -11.0. The highest BCUT2D eigenvalue weighted by atomic mass is 33.1. The molecule has 36 nitrogen and oxygen atoms in total. The fourth-order valence-corrected chi connectivity index (χ4v) is 14.1. The van der Waals surface area contributed by atoms with Crippen molar-refractivity contribution in [2.45, 2.75) is 176 Å². The van der Waals surface area contributed by atoms with E-state index in [1.165, 1.54) is 20.8 Å². The minimum atomic E-state index is -1.88. The third-order valence-electron chi connectivity index (χ3n) is 18.0. The number of primary amides is 2. The third-order valence-corrected chi connectivity index (χ3v) is 20.4. The van der Waals surface area contributed by atoms with Crippen molar-refractivity contribution in [1.82, 2.24) is 74.1 Å². The number of para-hydroxylation sites is 1. The van der Waals surface area contributed by atoms with Crippen molar-refractivity contribution in [3.8, 4) is 0 Å². The standard InChI is InChI=1S/C75H103N19O17S2/c1-41(78)64(100)82-37-61(98)84-59-40-113-112-39-58(63(80)99)93-73(109)57(38-95)92-65(101)42(2)83-68(104)52(31-44-19-7-4-8-20-44)91-75(111)62(43(3)96)94-67(103)51(28-16-18-30-77)85-71(107)55(34-47-36-81-49-26-14-13-25-48(47)49)89-70(106)54(33-46-23-11-6-12-24-46)87-69(105)53(32-45-21-9-5-10-22-45)88-72(108)56(35-60(79)97)90-66(102)50(86-74(59)110)27-15-17-29-76/h4-14,19-26,36,41-43,50-59,62,81,95-96H,15-18,27-35,37-40,76-78H2,1-3H3,(H2,79,97)(H2,80,99)(H,82,100)(H,83,104)(H,84,98)(H,85,107)(H,86,110)(H,87,105)(H,88,108)(H,89,106)(H,90,102)(H,91,111)(H,92,101)(H,93,109)(H,94,103)/t41-,42-,43+,50-,51-,52-,53-,54-,55-,56-,57-,58-,59-,62+/m0/s1. The number of fused-ring (bicyclic) bond motifs is 1. The van der Waals surface area contributed by atoms with Crippen molar-refractivity contribution in [1.29, 1.82) is 0 Å². The first-order chi connectivity index (χ1) is 54.0. The van der Waals surface area contributed by atoms with Crippen molar-refractivity contribution < 1.29 is 82.1 Å². The first kappa shape index (κ1) is 90.9. The number of nitrogens with two attached hydrogens (primary N) is 5. The molecule has 0 radical (unpaired) electrons. The van der Waals surface area contributed by atoms with Crippen LogP contribution in [0.4, 0.5) is 0 Å². The van der Waals surface area contributed by atoms with Crippen LogP contribution in [0.3, 0.4) is 0 Å². The lowest BCUT2D eigenvalue weighted by Crippen LogP contribution is -2.62. The molecule has 113 heavy (non-hydrogen) atoms. The van der Waals surface area contributed by atoms with Crippen LogP contribution in [0.15, 0.2) is 121 Å². The number of aromatic nitrogens is 1. The van der Waals surface area contributed by atoms with Crippen LogP contribution in [0.25, 0.3) is 10.9 Å². The highest BCUT2D eigenvalue weighted by molar-refractivity contribution is 8.76. The first-order valence-electron chi connectivity index (χ1n) is 36.8. The van der Waals surface area contributed by atoms with E-state index in [9.17, 15) is 67.7 Å². The van der Waals surface area contributed by atoms with Gasteiger partial charge in [-0.25, -0.2) is 0 Å². The van der Waals surface area contributed by atoms with Gasteiger partial charge in [0.15, 0.2) is 0 Å². The number of carbonyl (C=O) groups excluding carboxylic acids is 15. The number of unbranched alkanes of at least 4 members (excludes halogenated alkanes) is 2. The molecule has 1 aromatic heterocycles. The molecule has 14 atom stereocenters. The zero-order valence-electron chi connectivity index (χ0n) is 62.9. The number of aliphatic hydroxyl groups excluding tert-OH is 2. The Morgan fingerprint density at radius 2 is 0.903 bits per heavy atom.